The molecule has 0 aromatic rings. The quantitative estimate of drug-likeness (QED) is 0.225. The van der Waals surface area contributed by atoms with Crippen molar-refractivity contribution in [2.45, 2.75) is 12.8 Å². The molecule has 9 heteroatoms. The van der Waals surface area contributed by atoms with Gasteiger partial charge in [0.25, 0.3) is 0 Å². The van der Waals surface area contributed by atoms with Crippen LogP contribution in [-0.4, -0.2) is 63.9 Å². The summed E-state index contributed by atoms with van der Waals surface area (Å²) in [6.45, 7) is 1.43. The molecule has 0 spiro atoms. The van der Waals surface area contributed by atoms with Crippen LogP contribution in [0.25, 0.3) is 0 Å². The van der Waals surface area contributed by atoms with Crippen LogP contribution in [0.1, 0.15) is 12.8 Å². The minimum absolute atomic E-state index is 0.0888. The van der Waals surface area contributed by atoms with Gasteiger partial charge in [-0.1, -0.05) is 45.2 Å². The largest absolute Gasteiger partial charge is 0.354 e. The Labute approximate surface area is 151 Å². The average Bonchev–Trinajstić information content (AvgIpc) is 2.50. The van der Waals surface area contributed by atoms with E-state index < -0.39 is 0 Å². The van der Waals surface area contributed by atoms with E-state index in [0.29, 0.717) is 41.3 Å². The molecule has 0 aromatic carbocycles. The number of rotatable bonds is 11. The molecule has 0 radical (unpaired) electrons. The molecule has 0 aliphatic rings. The van der Waals surface area contributed by atoms with Crippen molar-refractivity contribution < 1.29 is 19.2 Å². The molecule has 0 atom stereocenters. The van der Waals surface area contributed by atoms with Crippen LogP contribution < -0.4 is 10.6 Å². The van der Waals surface area contributed by atoms with Gasteiger partial charge in [-0.15, -0.1) is 0 Å². The third kappa shape index (κ3) is 10.8. The molecule has 0 rings (SSSR count). The van der Waals surface area contributed by atoms with Crippen molar-refractivity contribution in [2.75, 3.05) is 35.0 Å². The number of hydrogen-bond acceptors (Lipinski definition) is 4. The average molecular weight is 523 g/mol. The minimum Gasteiger partial charge on any atom is -0.354 e. The second kappa shape index (κ2) is 13.2. The maximum absolute atomic E-state index is 11.9. The molecule has 0 aliphatic carbocycles. The number of amides is 3. The third-order valence-corrected chi connectivity index (χ3v) is 3.86. The van der Waals surface area contributed by atoms with E-state index in [0.717, 1.165) is 0 Å². The number of hydrogen-bond donors (Lipinski definition) is 2. The highest BCUT2D eigenvalue weighted by Gasteiger charge is 2.13. The Bertz CT molecular complexity index is 344. The number of halogens is 2. The van der Waals surface area contributed by atoms with Crippen LogP contribution in [0.4, 0.5) is 0 Å². The van der Waals surface area contributed by atoms with Gasteiger partial charge in [-0.05, 0) is 0 Å². The first-order chi connectivity index (χ1) is 10.0. The molecule has 0 aliphatic heterocycles. The van der Waals surface area contributed by atoms with Crippen molar-refractivity contribution in [3.63, 3.8) is 0 Å². The summed E-state index contributed by atoms with van der Waals surface area (Å²) in [4.78, 5) is 46.1. The van der Waals surface area contributed by atoms with Gasteiger partial charge in [-0.2, -0.15) is 0 Å². The Morgan fingerprint density at radius 1 is 0.952 bits per heavy atom. The van der Waals surface area contributed by atoms with Crippen molar-refractivity contribution >= 4 is 69.2 Å². The lowest BCUT2D eigenvalue weighted by Gasteiger charge is -2.22. The van der Waals surface area contributed by atoms with Gasteiger partial charge in [0.1, 0.15) is 6.29 Å². The van der Waals surface area contributed by atoms with Crippen LogP contribution in [0.15, 0.2) is 0 Å². The molecule has 0 saturated carbocycles. The van der Waals surface area contributed by atoms with Crippen LogP contribution in [-0.2, 0) is 19.2 Å². The SMILES string of the molecule is O=CCCC(=O)N(CCNC(=O)CI)CCNC(=O)CI. The van der Waals surface area contributed by atoms with Gasteiger partial charge in [0.2, 0.25) is 17.7 Å². The third-order valence-electron chi connectivity index (χ3n) is 2.48. The Hall–Kier alpha value is -0.460. The molecular formula is C12H19I2N3O4. The summed E-state index contributed by atoms with van der Waals surface area (Å²) < 4.78 is 0.727. The summed E-state index contributed by atoms with van der Waals surface area (Å²) in [6.07, 6.45) is 1.02. The summed E-state index contributed by atoms with van der Waals surface area (Å²) in [5.41, 5.74) is 0. The first-order valence-corrected chi connectivity index (χ1v) is 9.47. The monoisotopic (exact) mass is 523 g/mol. The molecule has 0 aromatic heterocycles. The van der Waals surface area contributed by atoms with Crippen molar-refractivity contribution in [3.8, 4) is 0 Å². The molecule has 0 unspecified atom stereocenters. The molecule has 0 heterocycles. The van der Waals surface area contributed by atoms with Gasteiger partial charge in [-0.25, -0.2) is 0 Å². The van der Waals surface area contributed by atoms with Crippen LogP contribution in [0, 0.1) is 0 Å². The van der Waals surface area contributed by atoms with Crippen LogP contribution in [0.3, 0.4) is 0 Å². The molecule has 0 bridgehead atoms. The lowest BCUT2D eigenvalue weighted by atomic mass is 10.3. The zero-order valence-corrected chi connectivity index (χ0v) is 15.9. The standard InChI is InChI=1S/C12H19I2N3O4/c13-8-10(19)15-3-5-17(12(21)2-1-7-18)6-4-16-11(20)9-14/h7H,1-6,8-9H2,(H,15,19)(H,16,20). The first-order valence-electron chi connectivity index (χ1n) is 6.41. The number of carbonyl (C=O) groups is 4. The van der Waals surface area contributed by atoms with Crippen molar-refractivity contribution in [3.05, 3.63) is 0 Å². The molecule has 0 fully saturated rings. The van der Waals surface area contributed by atoms with E-state index >= 15 is 0 Å². The molecule has 0 saturated heterocycles. The normalized spacial score (nSPS) is 9.81. The van der Waals surface area contributed by atoms with E-state index in [1.165, 1.54) is 0 Å². The zero-order valence-electron chi connectivity index (χ0n) is 11.6. The number of nitrogens with one attached hydrogen (secondary N) is 2. The predicted octanol–water partition coefficient (Wildman–Crippen LogP) is -0.103. The first kappa shape index (κ1) is 20.5. The Kier molecular flexibility index (Phi) is 12.9. The van der Waals surface area contributed by atoms with Crippen molar-refractivity contribution in [1.82, 2.24) is 15.5 Å². The highest BCUT2D eigenvalue weighted by atomic mass is 127. The van der Waals surface area contributed by atoms with E-state index in [1.807, 2.05) is 45.2 Å². The van der Waals surface area contributed by atoms with Crippen molar-refractivity contribution in [2.24, 2.45) is 0 Å². The Morgan fingerprint density at radius 2 is 1.43 bits per heavy atom. The highest BCUT2D eigenvalue weighted by Crippen LogP contribution is 1.96. The van der Waals surface area contributed by atoms with Gasteiger partial charge in [0, 0.05) is 39.0 Å². The Balaban J connectivity index is 4.25. The Morgan fingerprint density at radius 3 is 1.81 bits per heavy atom. The van der Waals surface area contributed by atoms with E-state index in [2.05, 4.69) is 10.6 Å². The fourth-order valence-corrected chi connectivity index (χ4v) is 2.00. The van der Waals surface area contributed by atoms with Crippen LogP contribution >= 0.6 is 45.2 Å². The van der Waals surface area contributed by atoms with Crippen molar-refractivity contribution in [1.29, 1.82) is 0 Å². The second-order valence-electron chi connectivity index (χ2n) is 4.05. The van der Waals surface area contributed by atoms with E-state index in [9.17, 15) is 19.2 Å². The fraction of sp³-hybridized carbons (Fsp3) is 0.667. The van der Waals surface area contributed by atoms with E-state index in [-0.39, 0.29) is 30.6 Å². The lowest BCUT2D eigenvalue weighted by Crippen LogP contribution is -2.43. The molecule has 21 heavy (non-hydrogen) atoms. The summed E-state index contributed by atoms with van der Waals surface area (Å²) in [6, 6.07) is 0. The summed E-state index contributed by atoms with van der Waals surface area (Å²) in [7, 11) is 0. The van der Waals surface area contributed by atoms with E-state index in [4.69, 9.17) is 0 Å². The van der Waals surface area contributed by atoms with Gasteiger partial charge in [0.05, 0.1) is 8.86 Å². The zero-order chi connectivity index (χ0) is 16.1. The van der Waals surface area contributed by atoms with Gasteiger partial charge < -0.3 is 20.3 Å². The molecule has 120 valence electrons. The number of nitrogens with zero attached hydrogens (tertiary/aromatic N) is 1. The summed E-state index contributed by atoms with van der Waals surface area (Å²) in [5, 5.41) is 5.37. The highest BCUT2D eigenvalue weighted by molar-refractivity contribution is 14.1. The van der Waals surface area contributed by atoms with Gasteiger partial charge in [-0.3, -0.25) is 14.4 Å². The smallest absolute Gasteiger partial charge is 0.229 e. The number of aldehydes is 1. The molecule has 2 N–H and O–H groups in total. The molecular weight excluding hydrogens is 504 g/mol. The van der Waals surface area contributed by atoms with Crippen LogP contribution in [0.2, 0.25) is 0 Å². The summed E-state index contributed by atoms with van der Waals surface area (Å²) in [5.74, 6) is -0.335. The maximum atomic E-state index is 11.9. The van der Waals surface area contributed by atoms with Gasteiger partial charge >= 0.3 is 0 Å². The van der Waals surface area contributed by atoms with Crippen LogP contribution in [0.5, 0.6) is 0 Å². The van der Waals surface area contributed by atoms with Gasteiger partial charge in [0.15, 0.2) is 0 Å². The van der Waals surface area contributed by atoms with E-state index in [1.54, 1.807) is 4.90 Å². The second-order valence-corrected chi connectivity index (χ2v) is 5.58. The fourth-order valence-electron chi connectivity index (χ4n) is 1.46. The maximum Gasteiger partial charge on any atom is 0.229 e. The summed E-state index contributed by atoms with van der Waals surface area (Å²) >= 11 is 3.91. The topological polar surface area (TPSA) is 95.6 Å². The number of carbonyl (C=O) groups excluding carboxylic acids is 4. The molecule has 3 amide bonds. The predicted molar refractivity (Wildman–Crippen MR) is 95.7 cm³/mol. The minimum atomic E-state index is -0.158. The molecule has 7 nitrogen and oxygen atoms in total. The number of alkyl halides is 2. The lowest BCUT2D eigenvalue weighted by molar-refractivity contribution is -0.132.